The zero-order valence-corrected chi connectivity index (χ0v) is 14.6. The molecule has 3 aromatic rings. The Balaban J connectivity index is 1.60. The Bertz CT molecular complexity index is 862. The molecule has 0 unspecified atom stereocenters. The van der Waals surface area contributed by atoms with Gasteiger partial charge in [-0.1, -0.05) is 30.3 Å². The monoisotopic (exact) mass is 347 g/mol. The number of hydrogen-bond donors (Lipinski definition) is 2. The fourth-order valence-electron chi connectivity index (χ4n) is 2.37. The van der Waals surface area contributed by atoms with E-state index in [2.05, 4.69) is 10.3 Å². The summed E-state index contributed by atoms with van der Waals surface area (Å²) in [5, 5.41) is 3.06. The third-order valence-corrected chi connectivity index (χ3v) is 3.67. The molecule has 0 spiro atoms. The number of methoxy groups -OCH3 is 1. The Morgan fingerprint density at radius 2 is 1.62 bits per heavy atom. The zero-order chi connectivity index (χ0) is 18.2. The van der Waals surface area contributed by atoms with Gasteiger partial charge in [0.15, 0.2) is 5.96 Å². The molecule has 0 amide bonds. The van der Waals surface area contributed by atoms with E-state index >= 15 is 0 Å². The van der Waals surface area contributed by atoms with Gasteiger partial charge in [0, 0.05) is 5.69 Å². The summed E-state index contributed by atoms with van der Waals surface area (Å²) in [6, 6.07) is 25.0. The minimum atomic E-state index is 0.351. The van der Waals surface area contributed by atoms with E-state index in [4.69, 9.17) is 15.2 Å². The van der Waals surface area contributed by atoms with Crippen LogP contribution in [0.1, 0.15) is 5.56 Å². The van der Waals surface area contributed by atoms with Crippen LogP contribution in [-0.2, 0) is 6.54 Å². The molecule has 5 nitrogen and oxygen atoms in total. The Hall–Kier alpha value is -3.47. The van der Waals surface area contributed by atoms with Crippen molar-refractivity contribution in [2.45, 2.75) is 6.54 Å². The summed E-state index contributed by atoms with van der Waals surface area (Å²) in [5.74, 6) is 2.71. The van der Waals surface area contributed by atoms with Gasteiger partial charge in [-0.15, -0.1) is 0 Å². The molecule has 0 aliphatic carbocycles. The SMILES string of the molecule is COc1ccc(NC(N)=NCc2cccc(Oc3ccccc3)c2)cc1. The molecule has 0 saturated heterocycles. The van der Waals surface area contributed by atoms with E-state index in [-0.39, 0.29) is 0 Å². The molecule has 0 bridgehead atoms. The predicted molar refractivity (Wildman–Crippen MR) is 105 cm³/mol. The van der Waals surface area contributed by atoms with Crippen LogP contribution < -0.4 is 20.5 Å². The number of guanidine groups is 1. The Labute approximate surface area is 153 Å². The molecule has 0 atom stereocenters. The Morgan fingerprint density at radius 3 is 2.35 bits per heavy atom. The molecule has 0 fully saturated rings. The summed E-state index contributed by atoms with van der Waals surface area (Å²) in [6.07, 6.45) is 0. The maximum Gasteiger partial charge on any atom is 0.193 e. The maximum atomic E-state index is 5.96. The van der Waals surface area contributed by atoms with Gasteiger partial charge in [-0.25, -0.2) is 4.99 Å². The highest BCUT2D eigenvalue weighted by Crippen LogP contribution is 2.22. The first-order valence-corrected chi connectivity index (χ1v) is 8.26. The smallest absolute Gasteiger partial charge is 0.193 e. The molecule has 132 valence electrons. The second-order valence-corrected chi connectivity index (χ2v) is 5.62. The average Bonchev–Trinajstić information content (AvgIpc) is 2.68. The first-order valence-electron chi connectivity index (χ1n) is 8.26. The summed E-state index contributed by atoms with van der Waals surface area (Å²) in [6.45, 7) is 0.459. The van der Waals surface area contributed by atoms with E-state index in [0.29, 0.717) is 12.5 Å². The first-order chi connectivity index (χ1) is 12.7. The lowest BCUT2D eigenvalue weighted by molar-refractivity contribution is 0.415. The van der Waals surface area contributed by atoms with Crippen molar-refractivity contribution in [3.8, 4) is 17.2 Å². The molecule has 0 aliphatic rings. The predicted octanol–water partition coefficient (Wildman–Crippen LogP) is 4.41. The van der Waals surface area contributed by atoms with Crippen molar-refractivity contribution in [1.82, 2.24) is 0 Å². The highest BCUT2D eigenvalue weighted by atomic mass is 16.5. The van der Waals surface area contributed by atoms with Crippen LogP contribution in [0.2, 0.25) is 0 Å². The molecule has 0 saturated carbocycles. The van der Waals surface area contributed by atoms with Crippen molar-refractivity contribution in [1.29, 1.82) is 0 Å². The van der Waals surface area contributed by atoms with Gasteiger partial charge >= 0.3 is 0 Å². The van der Waals surface area contributed by atoms with Gasteiger partial charge in [-0.05, 0) is 54.1 Å². The molecular formula is C21H21N3O2. The Morgan fingerprint density at radius 1 is 0.885 bits per heavy atom. The summed E-state index contributed by atoms with van der Waals surface area (Å²) < 4.78 is 11.0. The van der Waals surface area contributed by atoms with Crippen molar-refractivity contribution in [3.05, 3.63) is 84.4 Å². The van der Waals surface area contributed by atoms with E-state index in [9.17, 15) is 0 Å². The first kappa shape index (κ1) is 17.4. The maximum absolute atomic E-state index is 5.96. The van der Waals surface area contributed by atoms with Gasteiger partial charge in [0.1, 0.15) is 17.2 Å². The number of nitrogens with zero attached hydrogens (tertiary/aromatic N) is 1. The molecule has 3 N–H and O–H groups in total. The van der Waals surface area contributed by atoms with Crippen LogP contribution in [0, 0.1) is 0 Å². The summed E-state index contributed by atoms with van der Waals surface area (Å²) >= 11 is 0. The highest BCUT2D eigenvalue weighted by molar-refractivity contribution is 5.92. The van der Waals surface area contributed by atoms with Crippen LogP contribution in [0.25, 0.3) is 0 Å². The topological polar surface area (TPSA) is 68.9 Å². The number of benzene rings is 3. The van der Waals surface area contributed by atoms with Crippen molar-refractivity contribution < 1.29 is 9.47 Å². The van der Waals surface area contributed by atoms with Gasteiger partial charge in [0.05, 0.1) is 13.7 Å². The number of anilines is 1. The standard InChI is InChI=1S/C21H21N3O2/c1-25-18-12-10-17(11-13-18)24-21(22)23-15-16-6-5-9-20(14-16)26-19-7-3-2-4-8-19/h2-14H,15H2,1H3,(H3,22,23,24). The summed E-state index contributed by atoms with van der Waals surface area (Å²) in [7, 11) is 1.63. The molecule has 0 radical (unpaired) electrons. The fourth-order valence-corrected chi connectivity index (χ4v) is 2.37. The number of nitrogens with two attached hydrogens (primary N) is 1. The largest absolute Gasteiger partial charge is 0.497 e. The molecule has 3 aromatic carbocycles. The highest BCUT2D eigenvalue weighted by Gasteiger charge is 2.00. The van der Waals surface area contributed by atoms with E-state index in [1.807, 2.05) is 78.9 Å². The van der Waals surface area contributed by atoms with Crippen LogP contribution in [0.5, 0.6) is 17.2 Å². The van der Waals surface area contributed by atoms with Gasteiger partial charge in [-0.3, -0.25) is 0 Å². The lowest BCUT2D eigenvalue weighted by atomic mass is 10.2. The molecule has 0 aliphatic heterocycles. The molecule has 3 rings (SSSR count). The van der Waals surface area contributed by atoms with Crippen LogP contribution in [-0.4, -0.2) is 13.1 Å². The van der Waals surface area contributed by atoms with Crippen molar-refractivity contribution >= 4 is 11.6 Å². The summed E-state index contributed by atoms with van der Waals surface area (Å²) in [4.78, 5) is 4.38. The number of ether oxygens (including phenoxy) is 2. The van der Waals surface area contributed by atoms with Gasteiger partial charge < -0.3 is 20.5 Å². The number of nitrogens with one attached hydrogen (secondary N) is 1. The summed E-state index contributed by atoms with van der Waals surface area (Å²) in [5.41, 5.74) is 7.83. The quantitative estimate of drug-likeness (QED) is 0.512. The molecule has 0 heterocycles. The second-order valence-electron chi connectivity index (χ2n) is 5.62. The lowest BCUT2D eigenvalue weighted by Gasteiger charge is -2.08. The molecule has 0 aromatic heterocycles. The van der Waals surface area contributed by atoms with Crippen LogP contribution in [0.15, 0.2) is 83.9 Å². The van der Waals surface area contributed by atoms with Crippen LogP contribution in [0.4, 0.5) is 5.69 Å². The normalized spacial score (nSPS) is 11.0. The van der Waals surface area contributed by atoms with Crippen LogP contribution >= 0.6 is 0 Å². The number of rotatable bonds is 6. The van der Waals surface area contributed by atoms with E-state index in [1.54, 1.807) is 7.11 Å². The number of hydrogen-bond acceptors (Lipinski definition) is 3. The second kappa shape index (κ2) is 8.58. The fraction of sp³-hybridized carbons (Fsp3) is 0.0952. The van der Waals surface area contributed by atoms with E-state index in [1.165, 1.54) is 0 Å². The van der Waals surface area contributed by atoms with Crippen molar-refractivity contribution in [2.24, 2.45) is 10.7 Å². The number of aliphatic imine (C=N–C) groups is 1. The van der Waals surface area contributed by atoms with Crippen molar-refractivity contribution in [3.63, 3.8) is 0 Å². The van der Waals surface area contributed by atoms with E-state index < -0.39 is 0 Å². The molecule has 5 heteroatoms. The lowest BCUT2D eigenvalue weighted by Crippen LogP contribution is -2.22. The minimum absolute atomic E-state index is 0.351. The average molecular weight is 347 g/mol. The van der Waals surface area contributed by atoms with Gasteiger partial charge in [0.25, 0.3) is 0 Å². The Kier molecular flexibility index (Phi) is 5.72. The third-order valence-electron chi connectivity index (χ3n) is 3.67. The zero-order valence-electron chi connectivity index (χ0n) is 14.6. The van der Waals surface area contributed by atoms with Crippen LogP contribution in [0.3, 0.4) is 0 Å². The van der Waals surface area contributed by atoms with Crippen molar-refractivity contribution in [2.75, 3.05) is 12.4 Å². The third kappa shape index (κ3) is 5.01. The van der Waals surface area contributed by atoms with Gasteiger partial charge in [0.2, 0.25) is 0 Å². The molecule has 26 heavy (non-hydrogen) atoms. The minimum Gasteiger partial charge on any atom is -0.497 e. The number of para-hydroxylation sites is 1. The van der Waals surface area contributed by atoms with Gasteiger partial charge in [-0.2, -0.15) is 0 Å². The molecular weight excluding hydrogens is 326 g/mol. The van der Waals surface area contributed by atoms with E-state index in [0.717, 1.165) is 28.5 Å².